The van der Waals surface area contributed by atoms with Gasteiger partial charge >= 0.3 is 0 Å². The highest BCUT2D eigenvalue weighted by Gasteiger charge is 2.24. The second-order valence-corrected chi connectivity index (χ2v) is 6.78. The van der Waals surface area contributed by atoms with Crippen molar-refractivity contribution in [1.82, 2.24) is 10.6 Å². The van der Waals surface area contributed by atoms with Crippen LogP contribution in [0.1, 0.15) is 46.0 Å². The summed E-state index contributed by atoms with van der Waals surface area (Å²) >= 11 is 0. The minimum atomic E-state index is 0. The summed E-state index contributed by atoms with van der Waals surface area (Å²) in [5.74, 6) is 3.40. The molecule has 4 nitrogen and oxygen atoms in total. The number of guanidine groups is 1. The highest BCUT2D eigenvalue weighted by atomic mass is 127. The van der Waals surface area contributed by atoms with Crippen LogP contribution in [0.25, 0.3) is 0 Å². The predicted octanol–water partition coefficient (Wildman–Crippen LogP) is 3.02. The zero-order chi connectivity index (χ0) is 14.4. The Morgan fingerprint density at radius 3 is 2.38 bits per heavy atom. The molecule has 124 valence electrons. The zero-order valence-corrected chi connectivity index (χ0v) is 16.1. The van der Waals surface area contributed by atoms with Crippen LogP contribution < -0.4 is 10.6 Å². The molecule has 21 heavy (non-hydrogen) atoms. The molecule has 2 rings (SSSR count). The van der Waals surface area contributed by atoms with Gasteiger partial charge < -0.3 is 15.4 Å². The fraction of sp³-hybridized carbons (Fsp3) is 0.938. The lowest BCUT2D eigenvalue weighted by Gasteiger charge is -2.32. The van der Waals surface area contributed by atoms with Gasteiger partial charge in [-0.15, -0.1) is 24.0 Å². The third-order valence-electron chi connectivity index (χ3n) is 4.33. The van der Waals surface area contributed by atoms with Gasteiger partial charge in [-0.25, -0.2) is 0 Å². The lowest BCUT2D eigenvalue weighted by atomic mass is 9.80. The van der Waals surface area contributed by atoms with Crippen LogP contribution in [0.15, 0.2) is 4.99 Å². The molecule has 2 N–H and O–H groups in total. The fourth-order valence-corrected chi connectivity index (χ4v) is 3.23. The number of nitrogens with one attached hydrogen (secondary N) is 2. The Labute approximate surface area is 146 Å². The lowest BCUT2D eigenvalue weighted by Crippen LogP contribution is -2.46. The summed E-state index contributed by atoms with van der Waals surface area (Å²) in [5, 5.41) is 6.92. The van der Waals surface area contributed by atoms with Gasteiger partial charge in [-0.1, -0.05) is 13.8 Å². The van der Waals surface area contributed by atoms with E-state index in [9.17, 15) is 0 Å². The molecule has 0 spiro atoms. The van der Waals surface area contributed by atoms with Crippen LogP contribution in [0.5, 0.6) is 0 Å². The van der Waals surface area contributed by atoms with Crippen molar-refractivity contribution in [3.05, 3.63) is 0 Å². The Morgan fingerprint density at radius 2 is 1.81 bits per heavy atom. The molecule has 0 aromatic heterocycles. The predicted molar refractivity (Wildman–Crippen MR) is 99.4 cm³/mol. The van der Waals surface area contributed by atoms with Gasteiger partial charge in [0.05, 0.1) is 6.61 Å². The van der Waals surface area contributed by atoms with Crippen molar-refractivity contribution in [3.8, 4) is 0 Å². The molecule has 2 unspecified atom stereocenters. The molecule has 0 amide bonds. The van der Waals surface area contributed by atoms with E-state index >= 15 is 0 Å². The van der Waals surface area contributed by atoms with Crippen molar-refractivity contribution in [2.24, 2.45) is 22.7 Å². The zero-order valence-electron chi connectivity index (χ0n) is 13.7. The number of halogens is 1. The van der Waals surface area contributed by atoms with Crippen LogP contribution in [-0.4, -0.2) is 38.8 Å². The number of nitrogens with zero attached hydrogens (tertiary/aromatic N) is 1. The van der Waals surface area contributed by atoms with Gasteiger partial charge in [0.2, 0.25) is 0 Å². The number of hydrogen-bond donors (Lipinski definition) is 2. The average Bonchev–Trinajstić information content (AvgIpc) is 3.20. The molecule has 2 aliphatic carbocycles. The third-order valence-corrected chi connectivity index (χ3v) is 4.33. The molecule has 2 fully saturated rings. The van der Waals surface area contributed by atoms with Crippen molar-refractivity contribution < 1.29 is 4.74 Å². The summed E-state index contributed by atoms with van der Waals surface area (Å²) in [7, 11) is 1.84. The molecule has 2 atom stereocenters. The molecule has 0 heterocycles. The smallest absolute Gasteiger partial charge is 0.191 e. The van der Waals surface area contributed by atoms with E-state index in [4.69, 9.17) is 4.74 Å². The van der Waals surface area contributed by atoms with Crippen LogP contribution in [-0.2, 0) is 4.74 Å². The van der Waals surface area contributed by atoms with E-state index in [0.29, 0.717) is 6.04 Å². The Kier molecular flexibility index (Phi) is 8.94. The summed E-state index contributed by atoms with van der Waals surface area (Å²) < 4.78 is 5.63. The minimum Gasteiger partial charge on any atom is -0.379 e. The quantitative estimate of drug-likeness (QED) is 0.307. The molecule has 0 aliphatic heterocycles. The molecular formula is C16H32IN3O. The fourth-order valence-electron chi connectivity index (χ4n) is 3.23. The SMILES string of the molecule is CN=C(NCCOCC1CC1)NC1CC(C)CC(C)C1.I. The maximum atomic E-state index is 5.63. The molecule has 5 heteroatoms. The van der Waals surface area contributed by atoms with Crippen molar-refractivity contribution in [3.63, 3.8) is 0 Å². The summed E-state index contributed by atoms with van der Waals surface area (Å²) in [6.07, 6.45) is 6.58. The van der Waals surface area contributed by atoms with Gasteiger partial charge in [0.15, 0.2) is 5.96 Å². The summed E-state index contributed by atoms with van der Waals surface area (Å²) in [6, 6.07) is 0.562. The molecule has 2 aliphatic rings. The van der Waals surface area contributed by atoms with E-state index < -0.39 is 0 Å². The van der Waals surface area contributed by atoms with E-state index in [2.05, 4.69) is 29.5 Å². The summed E-state index contributed by atoms with van der Waals surface area (Å²) in [5.41, 5.74) is 0. The van der Waals surface area contributed by atoms with Crippen LogP contribution in [0.3, 0.4) is 0 Å². The first kappa shape index (κ1) is 19.0. The van der Waals surface area contributed by atoms with Crippen LogP contribution in [0.2, 0.25) is 0 Å². The van der Waals surface area contributed by atoms with Crippen LogP contribution in [0, 0.1) is 17.8 Å². The monoisotopic (exact) mass is 409 g/mol. The number of aliphatic imine (C=N–C) groups is 1. The average molecular weight is 409 g/mol. The van der Waals surface area contributed by atoms with E-state index in [1.165, 1.54) is 32.1 Å². The van der Waals surface area contributed by atoms with E-state index in [1.807, 2.05) is 7.05 Å². The first-order chi connectivity index (χ1) is 9.67. The number of hydrogen-bond acceptors (Lipinski definition) is 2. The third kappa shape index (κ3) is 7.68. The Bertz CT molecular complexity index is 311. The van der Waals surface area contributed by atoms with Crippen molar-refractivity contribution in [2.45, 2.75) is 52.0 Å². The first-order valence-electron chi connectivity index (χ1n) is 8.22. The minimum absolute atomic E-state index is 0. The van der Waals surface area contributed by atoms with Gasteiger partial charge in [-0.2, -0.15) is 0 Å². The summed E-state index contributed by atoms with van der Waals surface area (Å²) in [4.78, 5) is 4.32. The Morgan fingerprint density at radius 1 is 1.14 bits per heavy atom. The van der Waals surface area contributed by atoms with Gasteiger partial charge in [0.25, 0.3) is 0 Å². The maximum Gasteiger partial charge on any atom is 0.191 e. The highest BCUT2D eigenvalue weighted by Crippen LogP contribution is 2.29. The standard InChI is InChI=1S/C16H31N3O.HI/c1-12-8-13(2)10-15(9-12)19-16(17-3)18-6-7-20-11-14-4-5-14;/h12-15H,4-11H2,1-3H3,(H2,17,18,19);1H. The van der Waals surface area contributed by atoms with Crippen molar-refractivity contribution in [2.75, 3.05) is 26.8 Å². The Hall–Kier alpha value is -0.0400. The van der Waals surface area contributed by atoms with E-state index in [-0.39, 0.29) is 24.0 Å². The number of ether oxygens (including phenoxy) is 1. The van der Waals surface area contributed by atoms with Crippen LogP contribution in [0.4, 0.5) is 0 Å². The molecule has 0 aromatic carbocycles. The molecular weight excluding hydrogens is 377 g/mol. The molecule has 2 saturated carbocycles. The molecule has 0 bridgehead atoms. The first-order valence-corrected chi connectivity index (χ1v) is 8.22. The largest absolute Gasteiger partial charge is 0.379 e. The topological polar surface area (TPSA) is 45.7 Å². The highest BCUT2D eigenvalue weighted by molar-refractivity contribution is 14.0. The molecule has 0 aromatic rings. The Balaban J connectivity index is 0.00000220. The second kappa shape index (κ2) is 9.87. The van der Waals surface area contributed by atoms with Gasteiger partial charge in [-0.05, 0) is 49.9 Å². The van der Waals surface area contributed by atoms with Crippen molar-refractivity contribution in [1.29, 1.82) is 0 Å². The van der Waals surface area contributed by atoms with Gasteiger partial charge in [0.1, 0.15) is 0 Å². The maximum absolute atomic E-state index is 5.63. The molecule has 0 radical (unpaired) electrons. The van der Waals surface area contributed by atoms with Gasteiger partial charge in [-0.3, -0.25) is 4.99 Å². The lowest BCUT2D eigenvalue weighted by molar-refractivity contribution is 0.129. The van der Waals surface area contributed by atoms with E-state index in [0.717, 1.165) is 43.5 Å². The molecule has 0 saturated heterocycles. The van der Waals surface area contributed by atoms with Gasteiger partial charge in [0, 0.05) is 26.2 Å². The summed E-state index contributed by atoms with van der Waals surface area (Å²) in [6.45, 7) is 7.25. The normalized spacial score (nSPS) is 29.7. The second-order valence-electron chi connectivity index (χ2n) is 6.78. The van der Waals surface area contributed by atoms with Crippen molar-refractivity contribution >= 4 is 29.9 Å². The van der Waals surface area contributed by atoms with Crippen LogP contribution >= 0.6 is 24.0 Å². The van der Waals surface area contributed by atoms with E-state index in [1.54, 1.807) is 0 Å². The number of rotatable bonds is 6.